The van der Waals surface area contributed by atoms with E-state index in [0.717, 1.165) is 37.4 Å². The van der Waals surface area contributed by atoms with E-state index < -0.39 is 0 Å². The number of hydrogen-bond acceptors (Lipinski definition) is 3. The molecule has 0 atom stereocenters. The fraction of sp³-hybridized carbons (Fsp3) is 0.286. The zero-order valence-electron chi connectivity index (χ0n) is 10.2. The van der Waals surface area contributed by atoms with Gasteiger partial charge in [-0.3, -0.25) is 4.98 Å². The molecule has 4 heteroatoms. The van der Waals surface area contributed by atoms with Crippen molar-refractivity contribution in [2.24, 2.45) is 0 Å². The van der Waals surface area contributed by atoms with E-state index in [-0.39, 0.29) is 0 Å². The Morgan fingerprint density at radius 3 is 2.78 bits per heavy atom. The molecule has 0 amide bonds. The molecular weight excluding hydrogens is 224 g/mol. The van der Waals surface area contributed by atoms with Gasteiger partial charge in [0.1, 0.15) is 0 Å². The van der Waals surface area contributed by atoms with Gasteiger partial charge in [-0.15, -0.1) is 0 Å². The number of hydrogen-bond donors (Lipinski definition) is 0. The fourth-order valence-electron chi connectivity index (χ4n) is 2.15. The molecule has 0 N–H and O–H groups in total. The first-order valence-corrected chi connectivity index (χ1v) is 6.21. The molecule has 3 heterocycles. The van der Waals surface area contributed by atoms with Crippen LogP contribution in [0.2, 0.25) is 0 Å². The molecule has 2 aromatic heterocycles. The van der Waals surface area contributed by atoms with Gasteiger partial charge in [0, 0.05) is 18.9 Å². The molecule has 1 aliphatic rings. The van der Waals surface area contributed by atoms with Gasteiger partial charge in [-0.05, 0) is 24.8 Å². The summed E-state index contributed by atoms with van der Waals surface area (Å²) in [6.07, 6.45) is 11.1. The van der Waals surface area contributed by atoms with Gasteiger partial charge in [-0.1, -0.05) is 12.1 Å². The topological polar surface area (TPSA) is 34.0 Å². The van der Waals surface area contributed by atoms with Crippen molar-refractivity contribution < 1.29 is 0 Å². The summed E-state index contributed by atoms with van der Waals surface area (Å²) in [5.41, 5.74) is 2.20. The second-order valence-corrected chi connectivity index (χ2v) is 4.50. The largest absolute Gasteiger partial charge is 0.372 e. The van der Waals surface area contributed by atoms with E-state index in [1.807, 2.05) is 17.1 Å². The summed E-state index contributed by atoms with van der Waals surface area (Å²) < 4.78 is 2.03. The molecule has 2 aromatic rings. The van der Waals surface area contributed by atoms with Crippen molar-refractivity contribution in [1.29, 1.82) is 0 Å². The lowest BCUT2D eigenvalue weighted by Crippen LogP contribution is -2.15. The zero-order valence-corrected chi connectivity index (χ0v) is 10.2. The van der Waals surface area contributed by atoms with Gasteiger partial charge in [-0.25, -0.2) is 4.98 Å². The van der Waals surface area contributed by atoms with Crippen molar-refractivity contribution in [2.45, 2.75) is 19.5 Å². The van der Waals surface area contributed by atoms with Crippen molar-refractivity contribution in [1.82, 2.24) is 19.4 Å². The van der Waals surface area contributed by atoms with Gasteiger partial charge in [0.2, 0.25) is 0 Å². The van der Waals surface area contributed by atoms with Gasteiger partial charge in [-0.2, -0.15) is 0 Å². The van der Waals surface area contributed by atoms with E-state index in [1.165, 1.54) is 0 Å². The molecule has 92 valence electrons. The van der Waals surface area contributed by atoms with E-state index >= 15 is 0 Å². The van der Waals surface area contributed by atoms with E-state index in [2.05, 4.69) is 45.3 Å². The smallest absolute Gasteiger partial charge is 0.0949 e. The maximum Gasteiger partial charge on any atom is 0.0949 e. The molecule has 0 spiro atoms. The van der Waals surface area contributed by atoms with Crippen LogP contribution in [0.15, 0.2) is 49.2 Å². The molecular formula is C14H16N4. The summed E-state index contributed by atoms with van der Waals surface area (Å²) in [5.74, 6) is 0. The Bertz CT molecular complexity index is 530. The number of nitrogens with zero attached hydrogens (tertiary/aromatic N) is 4. The molecule has 3 rings (SSSR count). The summed E-state index contributed by atoms with van der Waals surface area (Å²) in [4.78, 5) is 11.0. The lowest BCUT2D eigenvalue weighted by molar-refractivity contribution is 0.394. The van der Waals surface area contributed by atoms with Crippen LogP contribution in [0, 0.1) is 0 Å². The predicted molar refractivity (Wildman–Crippen MR) is 69.7 cm³/mol. The van der Waals surface area contributed by atoms with E-state index in [4.69, 9.17) is 0 Å². The minimum absolute atomic E-state index is 0.781. The first kappa shape index (κ1) is 11.0. The van der Waals surface area contributed by atoms with Crippen LogP contribution in [-0.2, 0) is 13.1 Å². The lowest BCUT2D eigenvalue weighted by atomic mass is 10.3. The maximum absolute atomic E-state index is 4.69. The standard InChI is InChI=1S/C14H16N4/c1-2-8-17(7-1)10-13-4-3-5-14(16-13)11-18-9-6-15-12-18/h1,3-7,9,12H,2,8,10-11H2. The molecule has 0 saturated carbocycles. The summed E-state index contributed by atoms with van der Waals surface area (Å²) in [6.45, 7) is 2.78. The molecule has 0 aromatic carbocycles. The first-order chi connectivity index (χ1) is 8.90. The minimum atomic E-state index is 0.781. The summed E-state index contributed by atoms with van der Waals surface area (Å²) in [5, 5.41) is 0. The molecule has 0 fully saturated rings. The second kappa shape index (κ2) is 5.04. The average molecular weight is 240 g/mol. The maximum atomic E-state index is 4.69. The SMILES string of the molecule is C1=CN(Cc2cccc(Cn3ccnc3)n2)CC1. The average Bonchev–Trinajstić information content (AvgIpc) is 3.03. The molecule has 0 aliphatic carbocycles. The monoisotopic (exact) mass is 240 g/mol. The van der Waals surface area contributed by atoms with Crippen LogP contribution in [0.4, 0.5) is 0 Å². The van der Waals surface area contributed by atoms with E-state index in [0.29, 0.717) is 0 Å². The van der Waals surface area contributed by atoms with Gasteiger partial charge in [0.15, 0.2) is 0 Å². The van der Waals surface area contributed by atoms with Crippen molar-refractivity contribution >= 4 is 0 Å². The Morgan fingerprint density at radius 1 is 1.17 bits per heavy atom. The zero-order chi connectivity index (χ0) is 12.2. The third kappa shape index (κ3) is 2.59. The Morgan fingerprint density at radius 2 is 2.06 bits per heavy atom. The van der Waals surface area contributed by atoms with Crippen molar-refractivity contribution in [2.75, 3.05) is 6.54 Å². The second-order valence-electron chi connectivity index (χ2n) is 4.50. The van der Waals surface area contributed by atoms with Gasteiger partial charge >= 0.3 is 0 Å². The van der Waals surface area contributed by atoms with Crippen LogP contribution in [-0.4, -0.2) is 26.0 Å². The Kier molecular flexibility index (Phi) is 3.08. The van der Waals surface area contributed by atoms with Gasteiger partial charge in [0.05, 0.1) is 30.8 Å². The van der Waals surface area contributed by atoms with Crippen LogP contribution in [0.5, 0.6) is 0 Å². The molecule has 0 unspecified atom stereocenters. The van der Waals surface area contributed by atoms with Crippen LogP contribution < -0.4 is 0 Å². The number of rotatable bonds is 4. The molecule has 18 heavy (non-hydrogen) atoms. The molecule has 0 bridgehead atoms. The van der Waals surface area contributed by atoms with Crippen LogP contribution in [0.3, 0.4) is 0 Å². The van der Waals surface area contributed by atoms with Crippen molar-refractivity contribution in [3.63, 3.8) is 0 Å². The highest BCUT2D eigenvalue weighted by Crippen LogP contribution is 2.10. The first-order valence-electron chi connectivity index (χ1n) is 6.21. The van der Waals surface area contributed by atoms with Crippen LogP contribution >= 0.6 is 0 Å². The lowest BCUT2D eigenvalue weighted by Gasteiger charge is -2.15. The quantitative estimate of drug-likeness (QED) is 0.820. The normalized spacial score (nSPS) is 14.3. The third-order valence-corrected chi connectivity index (χ3v) is 3.03. The Hall–Kier alpha value is -2.10. The van der Waals surface area contributed by atoms with E-state index in [9.17, 15) is 0 Å². The highest BCUT2D eigenvalue weighted by atomic mass is 15.1. The van der Waals surface area contributed by atoms with Crippen molar-refractivity contribution in [3.8, 4) is 0 Å². The molecule has 4 nitrogen and oxygen atoms in total. The summed E-state index contributed by atoms with van der Waals surface area (Å²) in [7, 11) is 0. The highest BCUT2D eigenvalue weighted by molar-refractivity contribution is 5.12. The Labute approximate surface area is 107 Å². The highest BCUT2D eigenvalue weighted by Gasteiger charge is 2.06. The number of aromatic nitrogens is 3. The van der Waals surface area contributed by atoms with Gasteiger partial charge < -0.3 is 9.47 Å². The van der Waals surface area contributed by atoms with E-state index in [1.54, 1.807) is 6.20 Å². The van der Waals surface area contributed by atoms with Gasteiger partial charge in [0.25, 0.3) is 0 Å². The van der Waals surface area contributed by atoms with Crippen LogP contribution in [0.25, 0.3) is 0 Å². The third-order valence-electron chi connectivity index (χ3n) is 3.03. The number of pyridine rings is 1. The number of imidazole rings is 1. The van der Waals surface area contributed by atoms with Crippen LogP contribution in [0.1, 0.15) is 17.8 Å². The molecule has 0 saturated heterocycles. The fourth-order valence-corrected chi connectivity index (χ4v) is 2.15. The summed E-state index contributed by atoms with van der Waals surface area (Å²) >= 11 is 0. The predicted octanol–water partition coefficient (Wildman–Crippen LogP) is 2.05. The Balaban J connectivity index is 1.70. The molecule has 1 aliphatic heterocycles. The summed E-state index contributed by atoms with van der Waals surface area (Å²) in [6, 6.07) is 6.22. The molecule has 0 radical (unpaired) electrons. The minimum Gasteiger partial charge on any atom is -0.372 e. The van der Waals surface area contributed by atoms with Crippen molar-refractivity contribution in [3.05, 3.63) is 60.6 Å².